The highest BCUT2D eigenvalue weighted by Crippen LogP contribution is 2.46. The van der Waals surface area contributed by atoms with Gasteiger partial charge >= 0.3 is 18.0 Å². The highest BCUT2D eigenvalue weighted by molar-refractivity contribution is 6.19. The summed E-state index contributed by atoms with van der Waals surface area (Å²) in [5, 5.41) is 4.82. The van der Waals surface area contributed by atoms with E-state index >= 15 is 0 Å². The number of halogens is 8. The summed E-state index contributed by atoms with van der Waals surface area (Å²) in [5.41, 5.74) is 1.72. The van der Waals surface area contributed by atoms with Crippen LogP contribution in [0.25, 0.3) is 44.3 Å². The van der Waals surface area contributed by atoms with Crippen LogP contribution in [0, 0.1) is 5.82 Å². The van der Waals surface area contributed by atoms with E-state index in [1.807, 2.05) is 0 Å². The number of fused-ring (bicyclic) bond motifs is 3. The standard InChI is InChI=1S/C29H19F8N3O3/c1-38-26(42)21-20-12-19(22-18(9-10-39-22)24(20)43-23(21)14-5-7-17(30)8-6-14)15-3-2-4-16(11-15)25(41)40-13-27(31,32)28(33,34)29(35,36)37/h2-12,39H,13H2,1H3,(H,38,42)(H,40,41). The van der Waals surface area contributed by atoms with Crippen molar-refractivity contribution < 1.29 is 49.1 Å². The van der Waals surface area contributed by atoms with Crippen molar-refractivity contribution in [2.75, 3.05) is 13.6 Å². The lowest BCUT2D eigenvalue weighted by atomic mass is 9.96. The fourth-order valence-electron chi connectivity index (χ4n) is 4.60. The molecule has 3 aromatic carbocycles. The second kappa shape index (κ2) is 10.4. The van der Waals surface area contributed by atoms with E-state index in [1.54, 1.807) is 18.3 Å². The molecule has 0 bridgehead atoms. The van der Waals surface area contributed by atoms with Crippen LogP contribution >= 0.6 is 0 Å². The fraction of sp³-hybridized carbons (Fsp3) is 0.172. The number of benzene rings is 3. The van der Waals surface area contributed by atoms with Crippen LogP contribution in [0.4, 0.5) is 35.1 Å². The van der Waals surface area contributed by atoms with Gasteiger partial charge < -0.3 is 20.0 Å². The molecule has 6 nitrogen and oxygen atoms in total. The van der Waals surface area contributed by atoms with Crippen LogP contribution < -0.4 is 10.6 Å². The van der Waals surface area contributed by atoms with E-state index in [2.05, 4.69) is 10.3 Å². The summed E-state index contributed by atoms with van der Waals surface area (Å²) in [6, 6.07) is 13.8. The SMILES string of the molecule is CNC(=O)c1c(-c2ccc(F)cc2)oc2c1cc(-c1cccc(C(=O)NCC(F)(F)C(F)(F)C(F)(F)F)c1)c1[nH]ccc12. The van der Waals surface area contributed by atoms with Crippen LogP contribution in [0.15, 0.2) is 71.3 Å². The number of nitrogens with one attached hydrogen (secondary N) is 3. The van der Waals surface area contributed by atoms with Crippen LogP contribution in [0.5, 0.6) is 0 Å². The number of aromatic amines is 1. The first kappa shape index (κ1) is 29.6. The van der Waals surface area contributed by atoms with E-state index in [9.17, 15) is 44.7 Å². The zero-order valence-corrected chi connectivity index (χ0v) is 21.8. The first-order valence-corrected chi connectivity index (χ1v) is 12.4. The Hall–Kier alpha value is -4.88. The number of hydrogen-bond donors (Lipinski definition) is 3. The van der Waals surface area contributed by atoms with Crippen LogP contribution in [-0.4, -0.2) is 48.4 Å². The number of furan rings is 1. The van der Waals surface area contributed by atoms with Gasteiger partial charge in [-0.1, -0.05) is 12.1 Å². The van der Waals surface area contributed by atoms with Gasteiger partial charge in [0.25, 0.3) is 11.8 Å². The van der Waals surface area contributed by atoms with Crippen LogP contribution in [0.1, 0.15) is 20.7 Å². The summed E-state index contributed by atoms with van der Waals surface area (Å²) >= 11 is 0. The van der Waals surface area contributed by atoms with Gasteiger partial charge in [-0.15, -0.1) is 0 Å². The number of aromatic nitrogens is 1. The van der Waals surface area contributed by atoms with Gasteiger partial charge in [0.2, 0.25) is 0 Å². The number of carbonyl (C=O) groups is 2. The van der Waals surface area contributed by atoms with E-state index in [0.29, 0.717) is 38.6 Å². The average Bonchev–Trinajstić information content (AvgIpc) is 3.60. The van der Waals surface area contributed by atoms with Gasteiger partial charge in [0.15, 0.2) is 0 Å². The van der Waals surface area contributed by atoms with Gasteiger partial charge in [-0.2, -0.15) is 30.7 Å². The highest BCUT2D eigenvalue weighted by Gasteiger charge is 2.72. The van der Waals surface area contributed by atoms with Crippen LogP contribution in [0.3, 0.4) is 0 Å². The maximum Gasteiger partial charge on any atom is 0.459 e. The fourth-order valence-corrected chi connectivity index (χ4v) is 4.60. The molecule has 14 heteroatoms. The smallest absolute Gasteiger partial charge is 0.454 e. The Bertz CT molecular complexity index is 1860. The summed E-state index contributed by atoms with van der Waals surface area (Å²) < 4.78 is 111. The van der Waals surface area contributed by atoms with E-state index in [4.69, 9.17) is 4.42 Å². The zero-order chi connectivity index (χ0) is 31.3. The normalized spacial score (nSPS) is 12.6. The van der Waals surface area contributed by atoms with Gasteiger partial charge in [0, 0.05) is 40.7 Å². The molecule has 5 rings (SSSR count). The molecule has 0 saturated carbocycles. The summed E-state index contributed by atoms with van der Waals surface area (Å²) in [7, 11) is 1.40. The highest BCUT2D eigenvalue weighted by atomic mass is 19.4. The molecule has 0 saturated heterocycles. The molecular weight excluding hydrogens is 590 g/mol. The Morgan fingerprint density at radius 3 is 2.21 bits per heavy atom. The molecule has 0 spiro atoms. The molecule has 0 atom stereocenters. The van der Waals surface area contributed by atoms with Crippen LogP contribution in [-0.2, 0) is 0 Å². The average molecular weight is 609 g/mol. The third-order valence-electron chi connectivity index (χ3n) is 6.78. The number of H-pyrrole nitrogens is 1. The Kier molecular flexibility index (Phi) is 7.19. The molecule has 0 unspecified atom stereocenters. The van der Waals surface area contributed by atoms with E-state index in [1.165, 1.54) is 54.8 Å². The molecule has 0 aliphatic rings. The number of rotatable bonds is 7. The molecule has 43 heavy (non-hydrogen) atoms. The molecule has 2 amide bonds. The van der Waals surface area contributed by atoms with Crippen molar-refractivity contribution in [3.05, 3.63) is 83.8 Å². The topological polar surface area (TPSA) is 87.1 Å². The summed E-state index contributed by atoms with van der Waals surface area (Å²) in [6.07, 6.45) is -4.95. The van der Waals surface area contributed by atoms with Gasteiger partial charge in [-0.3, -0.25) is 9.59 Å². The largest absolute Gasteiger partial charge is 0.459 e. The lowest BCUT2D eigenvalue weighted by molar-refractivity contribution is -0.352. The molecule has 2 heterocycles. The van der Waals surface area contributed by atoms with Gasteiger partial charge in [0.1, 0.15) is 17.2 Å². The van der Waals surface area contributed by atoms with Gasteiger partial charge in [-0.05, 0) is 54.1 Å². The van der Waals surface area contributed by atoms with E-state index in [-0.39, 0.29) is 16.9 Å². The summed E-state index contributed by atoms with van der Waals surface area (Å²) in [6.45, 7) is -2.27. The number of alkyl halides is 7. The molecule has 2 aromatic heterocycles. The number of carbonyl (C=O) groups excluding carboxylic acids is 2. The molecule has 0 radical (unpaired) electrons. The predicted octanol–water partition coefficient (Wildman–Crippen LogP) is 7.31. The first-order valence-electron chi connectivity index (χ1n) is 12.4. The Balaban J connectivity index is 1.57. The minimum Gasteiger partial charge on any atom is -0.454 e. The van der Waals surface area contributed by atoms with Gasteiger partial charge in [0.05, 0.1) is 17.6 Å². The van der Waals surface area contributed by atoms with Crippen molar-refractivity contribution in [1.82, 2.24) is 15.6 Å². The van der Waals surface area contributed by atoms with Crippen molar-refractivity contribution in [1.29, 1.82) is 0 Å². The Morgan fingerprint density at radius 1 is 0.860 bits per heavy atom. The maximum absolute atomic E-state index is 13.7. The van der Waals surface area contributed by atoms with Crippen molar-refractivity contribution in [3.8, 4) is 22.5 Å². The quantitative estimate of drug-likeness (QED) is 0.169. The minimum atomic E-state index is -6.53. The third-order valence-corrected chi connectivity index (χ3v) is 6.78. The molecular formula is C29H19F8N3O3. The third kappa shape index (κ3) is 5.06. The predicted molar refractivity (Wildman–Crippen MR) is 141 cm³/mol. The van der Waals surface area contributed by atoms with Gasteiger partial charge in [-0.25, -0.2) is 4.39 Å². The van der Waals surface area contributed by atoms with Crippen molar-refractivity contribution in [2.24, 2.45) is 0 Å². The number of hydrogen-bond acceptors (Lipinski definition) is 3. The summed E-state index contributed by atoms with van der Waals surface area (Å²) in [5.74, 6) is -14.2. The molecule has 5 aromatic rings. The van der Waals surface area contributed by atoms with Crippen LogP contribution in [0.2, 0.25) is 0 Å². The minimum absolute atomic E-state index is 0.121. The molecule has 224 valence electrons. The second-order valence-corrected chi connectivity index (χ2v) is 9.50. The number of amides is 2. The van der Waals surface area contributed by atoms with Crippen molar-refractivity contribution >= 4 is 33.7 Å². The molecule has 0 aliphatic carbocycles. The Labute approximate surface area is 236 Å². The van der Waals surface area contributed by atoms with E-state index < -0.39 is 42.2 Å². The summed E-state index contributed by atoms with van der Waals surface area (Å²) in [4.78, 5) is 28.6. The lowest BCUT2D eigenvalue weighted by Crippen LogP contribution is -2.56. The first-order chi connectivity index (χ1) is 20.2. The second-order valence-electron chi connectivity index (χ2n) is 9.50. The molecule has 0 fully saturated rings. The van der Waals surface area contributed by atoms with Crippen molar-refractivity contribution in [3.63, 3.8) is 0 Å². The van der Waals surface area contributed by atoms with Crippen molar-refractivity contribution in [2.45, 2.75) is 18.0 Å². The lowest BCUT2D eigenvalue weighted by Gasteiger charge is -2.28. The Morgan fingerprint density at radius 2 is 1.56 bits per heavy atom. The zero-order valence-electron chi connectivity index (χ0n) is 21.8. The maximum atomic E-state index is 13.7. The molecule has 3 N–H and O–H groups in total. The monoisotopic (exact) mass is 609 g/mol. The molecule has 0 aliphatic heterocycles. The van der Waals surface area contributed by atoms with E-state index in [0.717, 1.165) is 6.07 Å².